The van der Waals surface area contributed by atoms with Crippen LogP contribution in [0.2, 0.25) is 0 Å². The molecule has 6 rings (SSSR count). The number of aliphatic hydroxyl groups is 1. The second kappa shape index (κ2) is 15.0. The molecule has 2 aromatic heterocycles. The Morgan fingerprint density at radius 3 is 2.47 bits per heavy atom. The van der Waals surface area contributed by atoms with Gasteiger partial charge in [-0.15, -0.1) is 0 Å². The Balaban J connectivity index is 0.00000270. The summed E-state index contributed by atoms with van der Waals surface area (Å²) in [6.45, 7) is 1.03. The number of benzene rings is 1. The number of β-lactam (4-membered cyclic amide) rings is 1. The molecule has 0 radical (unpaired) electrons. The van der Waals surface area contributed by atoms with Crippen LogP contribution in [0.3, 0.4) is 0 Å². The molecular weight excluding hydrogens is 697 g/mol. The fourth-order valence-corrected chi connectivity index (χ4v) is 7.31. The maximum atomic E-state index is 15.4. The molecule has 1 aromatic carbocycles. The van der Waals surface area contributed by atoms with Gasteiger partial charge in [-0.3, -0.25) is 19.1 Å². The van der Waals surface area contributed by atoms with E-state index in [9.17, 15) is 48.1 Å². The summed E-state index contributed by atoms with van der Waals surface area (Å²) in [5.74, 6) is -8.32. The number of ether oxygens (including phenoxy) is 1. The Morgan fingerprint density at radius 1 is 1.12 bits per heavy atom. The van der Waals surface area contributed by atoms with Gasteiger partial charge in [0.25, 0.3) is 0 Å². The Labute approximate surface area is 322 Å². The summed E-state index contributed by atoms with van der Waals surface area (Å²) in [5, 5.41) is 34.6. The summed E-state index contributed by atoms with van der Waals surface area (Å²) in [6.07, 6.45) is -0.953. The first-order chi connectivity index (χ1) is 22.3. The number of pyridine rings is 2. The number of carbonyl (C=O) groups excluding carboxylic acids is 4. The molecule has 0 saturated carbocycles. The number of alkyl carbamates (subject to hydrolysis) is 1. The first-order valence-corrected chi connectivity index (χ1v) is 14.9. The third-order valence-electron chi connectivity index (χ3n) is 8.01. The van der Waals surface area contributed by atoms with E-state index >= 15 is 4.39 Å². The van der Waals surface area contributed by atoms with Crippen LogP contribution in [0.25, 0.3) is 16.7 Å². The average molecular weight is 720 g/mol. The third-order valence-corrected chi connectivity index (χ3v) is 9.35. The van der Waals surface area contributed by atoms with Crippen LogP contribution in [0.4, 0.5) is 23.8 Å². The van der Waals surface area contributed by atoms with Crippen molar-refractivity contribution in [2.75, 3.05) is 24.6 Å². The number of hydrogen-bond donors (Lipinski definition) is 2. The van der Waals surface area contributed by atoms with Crippen LogP contribution in [-0.4, -0.2) is 80.7 Å². The molecule has 2 amide bonds. The minimum Gasteiger partial charge on any atom is -0.545 e. The van der Waals surface area contributed by atoms with Gasteiger partial charge < -0.3 is 39.9 Å². The molecule has 2 fully saturated rings. The van der Waals surface area contributed by atoms with Crippen LogP contribution in [-0.2, 0) is 14.3 Å². The van der Waals surface area contributed by atoms with Crippen molar-refractivity contribution in [1.82, 2.24) is 19.8 Å². The van der Waals surface area contributed by atoms with Gasteiger partial charge in [0.15, 0.2) is 22.7 Å². The molecule has 2 saturated heterocycles. The number of carboxylic acid groups (broad SMARTS) is 2. The topological polar surface area (TPSA) is 197 Å². The van der Waals surface area contributed by atoms with Gasteiger partial charge in [-0.2, -0.15) is 0 Å². The first kappa shape index (κ1) is 38.7. The van der Waals surface area contributed by atoms with Crippen molar-refractivity contribution < 1.29 is 112 Å². The Bertz CT molecular complexity index is 1980. The van der Waals surface area contributed by atoms with Crippen LogP contribution >= 0.6 is 11.8 Å². The number of amides is 2. The normalized spacial score (nSPS) is 20.3. The molecule has 4 atom stereocenters. The van der Waals surface area contributed by atoms with Crippen molar-refractivity contribution in [3.8, 4) is 5.69 Å². The summed E-state index contributed by atoms with van der Waals surface area (Å²) < 4.78 is 49.8. The number of halogens is 3. The summed E-state index contributed by atoms with van der Waals surface area (Å²) >= 11 is 0.965. The van der Waals surface area contributed by atoms with Gasteiger partial charge in [-0.25, -0.2) is 22.9 Å². The molecule has 3 aromatic rings. The number of anilines is 1. The van der Waals surface area contributed by atoms with E-state index in [-0.39, 0.29) is 101 Å². The van der Waals surface area contributed by atoms with Gasteiger partial charge in [-0.1, -0.05) is 11.8 Å². The van der Waals surface area contributed by atoms with Crippen molar-refractivity contribution >= 4 is 52.6 Å². The van der Waals surface area contributed by atoms with Gasteiger partial charge in [0.05, 0.1) is 57.2 Å². The zero-order valence-electron chi connectivity index (χ0n) is 26.1. The minimum absolute atomic E-state index is 0. The van der Waals surface area contributed by atoms with Crippen LogP contribution in [0.15, 0.2) is 45.9 Å². The largest absolute Gasteiger partial charge is 1.00 e. The Kier molecular flexibility index (Phi) is 11.9. The van der Waals surface area contributed by atoms with E-state index in [2.05, 4.69) is 10.3 Å². The number of nitrogens with zero attached hydrogens (tertiary/aromatic N) is 4. The number of hydrogen-bond acceptors (Lipinski definition) is 12. The predicted molar refractivity (Wildman–Crippen MR) is 152 cm³/mol. The maximum Gasteiger partial charge on any atom is 1.00 e. The molecule has 2 N–H and O–H groups in total. The first-order valence-electron chi connectivity index (χ1n) is 14.0. The minimum atomic E-state index is -1.90. The predicted octanol–water partition coefficient (Wildman–Crippen LogP) is -6.65. The Morgan fingerprint density at radius 2 is 1.84 bits per heavy atom. The SMILES string of the molecule is C[C@H](O)[C@H]1C(=O)N2C(C(=O)[O-])=C(COC(=O)NC3CCN(c4nc5c(cc4F)c(=O)c(C(=O)[O-])cn5-c4ccc(F)cc4F)C3)S[C@@H]12.[Na+].[Na+]. The monoisotopic (exact) mass is 719 g/mol. The fourth-order valence-electron chi connectivity index (χ4n) is 5.80. The number of rotatable bonds is 8. The van der Waals surface area contributed by atoms with E-state index in [0.717, 1.165) is 45.6 Å². The van der Waals surface area contributed by atoms with Crippen molar-refractivity contribution in [2.24, 2.45) is 5.92 Å². The molecule has 1 unspecified atom stereocenters. The van der Waals surface area contributed by atoms with Crippen molar-refractivity contribution in [3.05, 3.63) is 74.3 Å². The number of thioether (sulfide) groups is 1. The Hall–Kier alpha value is -3.10. The average Bonchev–Trinajstić information content (AvgIpc) is 3.58. The van der Waals surface area contributed by atoms with Gasteiger partial charge >= 0.3 is 65.2 Å². The van der Waals surface area contributed by atoms with Gasteiger partial charge in [-0.05, 0) is 31.5 Å². The maximum absolute atomic E-state index is 15.4. The van der Waals surface area contributed by atoms with Crippen LogP contribution in [0.1, 0.15) is 23.7 Å². The summed E-state index contributed by atoms with van der Waals surface area (Å²) in [4.78, 5) is 67.7. The molecule has 0 bridgehead atoms. The van der Waals surface area contributed by atoms with Gasteiger partial charge in [0.2, 0.25) is 5.91 Å². The molecular formula is C29H22F3N5Na2O9S. The van der Waals surface area contributed by atoms with E-state index in [1.807, 2.05) is 0 Å². The smallest absolute Gasteiger partial charge is 0.545 e. The van der Waals surface area contributed by atoms with E-state index < -0.39 is 93.5 Å². The van der Waals surface area contributed by atoms with Gasteiger partial charge in [0.1, 0.15) is 23.6 Å². The van der Waals surface area contributed by atoms with Crippen molar-refractivity contribution in [2.45, 2.75) is 30.9 Å². The summed E-state index contributed by atoms with van der Waals surface area (Å²) in [5.41, 5.74) is -3.18. The van der Waals surface area contributed by atoms with Crippen LogP contribution in [0, 0.1) is 23.4 Å². The number of aromatic nitrogens is 2. The summed E-state index contributed by atoms with van der Waals surface area (Å²) in [7, 11) is 0. The molecule has 3 aliphatic heterocycles. The number of aliphatic hydroxyl groups excluding tert-OH is 1. The van der Waals surface area contributed by atoms with Gasteiger partial charge in [0, 0.05) is 25.4 Å². The number of carboxylic acids is 2. The number of aromatic carboxylic acids is 1. The molecule has 49 heavy (non-hydrogen) atoms. The zero-order chi connectivity index (χ0) is 33.9. The van der Waals surface area contributed by atoms with E-state index in [0.29, 0.717) is 6.07 Å². The molecule has 5 heterocycles. The molecule has 20 heteroatoms. The summed E-state index contributed by atoms with van der Waals surface area (Å²) in [6, 6.07) is 2.55. The molecule has 3 aliphatic rings. The number of aliphatic carboxylic acids is 1. The molecule has 0 spiro atoms. The van der Waals surface area contributed by atoms with E-state index in [4.69, 9.17) is 4.74 Å². The second-order valence-electron chi connectivity index (χ2n) is 11.0. The van der Waals surface area contributed by atoms with Crippen molar-refractivity contribution in [1.29, 1.82) is 0 Å². The van der Waals surface area contributed by atoms with Crippen molar-refractivity contribution in [3.63, 3.8) is 0 Å². The fraction of sp³-hybridized carbons (Fsp3) is 0.310. The number of carbonyl (C=O) groups is 4. The third kappa shape index (κ3) is 7.10. The quantitative estimate of drug-likeness (QED) is 0.165. The number of fused-ring (bicyclic) bond motifs is 2. The molecule has 0 aliphatic carbocycles. The van der Waals surface area contributed by atoms with Crippen LogP contribution < -0.4 is 85.0 Å². The standard InChI is InChI=1S/C29H24F3N5O9S.2Na/c1-11(38)20-25(40)37-21(28(43)44)19(47-26(20)37)10-46-29(45)33-13-4-5-35(8-13)24-17(32)7-14-22(39)15(27(41)42)9-36(23(14)34-24)18-3-2-12(30)6-16(18)31;;/h2-3,6-7,9,11,13,20,26,38H,4-5,8,10H2,1H3,(H,33,45)(H,41,42)(H,43,44);;/q;2*+1/p-2/t11-,13?,20-,26-;;/m0../s1. The molecule has 246 valence electrons. The van der Waals surface area contributed by atoms with E-state index in [1.165, 1.54) is 11.8 Å². The second-order valence-corrected chi connectivity index (χ2v) is 12.2. The van der Waals surface area contributed by atoms with E-state index in [1.54, 1.807) is 0 Å². The molecule has 14 nitrogen and oxygen atoms in total. The van der Waals surface area contributed by atoms with Crippen LogP contribution in [0.5, 0.6) is 0 Å². The zero-order valence-corrected chi connectivity index (χ0v) is 30.9. The number of nitrogens with one attached hydrogen (secondary N) is 1.